The van der Waals surface area contributed by atoms with Gasteiger partial charge < -0.3 is 39.4 Å². The summed E-state index contributed by atoms with van der Waals surface area (Å²) in [5.74, 6) is -0.839. The number of aliphatic hydroxyl groups is 4. The molecule has 1 aliphatic rings. The molecule has 0 aromatic rings. The second kappa shape index (κ2) is 31.0. The number of carbonyl (C=O) groups excluding carboxylic acids is 2. The Morgan fingerprint density at radius 3 is 1.73 bits per heavy atom. The van der Waals surface area contributed by atoms with Crippen molar-refractivity contribution in [2.45, 2.75) is 192 Å². The molecule has 6 unspecified atom stereocenters. The van der Waals surface area contributed by atoms with Crippen LogP contribution in [0.5, 0.6) is 0 Å². The first-order valence-corrected chi connectivity index (χ1v) is 19.4. The normalized spacial score (nSPS) is 21.8. The maximum Gasteiger partial charge on any atom is 0.306 e. The summed E-state index contributed by atoms with van der Waals surface area (Å²) < 4.78 is 21.8. The van der Waals surface area contributed by atoms with E-state index in [0.717, 1.165) is 44.9 Å². The molecule has 1 fully saturated rings. The van der Waals surface area contributed by atoms with Crippen molar-refractivity contribution >= 4 is 11.9 Å². The van der Waals surface area contributed by atoms with Gasteiger partial charge >= 0.3 is 11.9 Å². The van der Waals surface area contributed by atoms with Gasteiger partial charge in [-0.25, -0.2) is 0 Å². The molecule has 0 spiro atoms. The van der Waals surface area contributed by atoms with Gasteiger partial charge in [-0.1, -0.05) is 122 Å². The number of ether oxygens (including phenoxy) is 4. The standard InChI is InChI=1S/C39H70O10/c1-3-5-7-8-9-10-11-12-13-14-15-16-17-18-19-20-21-22-23-24-26-28-35(42)48-32(30-46-34(41)27-25-6-4-2)31-47-39-38(45)37(44)36(43)33(29-40)49-39/h11-12,14-15,32-33,36-40,43-45H,3-10,13,16-31H2,1-2H3/b12-11-,15-14-. The van der Waals surface area contributed by atoms with Crippen LogP contribution in [-0.2, 0) is 28.5 Å². The molecule has 0 saturated carbocycles. The minimum absolute atomic E-state index is 0.221. The Labute approximate surface area is 296 Å². The Morgan fingerprint density at radius 2 is 1.14 bits per heavy atom. The maximum absolute atomic E-state index is 12.6. The Morgan fingerprint density at radius 1 is 0.633 bits per heavy atom. The van der Waals surface area contributed by atoms with Gasteiger partial charge in [0.15, 0.2) is 12.4 Å². The Hall–Kier alpha value is -1.82. The van der Waals surface area contributed by atoms with E-state index in [2.05, 4.69) is 31.2 Å². The van der Waals surface area contributed by atoms with Crippen LogP contribution in [-0.4, -0.2) is 89.0 Å². The van der Waals surface area contributed by atoms with Gasteiger partial charge in [-0.05, 0) is 44.9 Å². The van der Waals surface area contributed by atoms with Crippen molar-refractivity contribution in [1.29, 1.82) is 0 Å². The van der Waals surface area contributed by atoms with Crippen LogP contribution in [0, 0.1) is 0 Å². The predicted octanol–water partition coefficient (Wildman–Crippen LogP) is 6.99. The molecule has 10 heteroatoms. The number of hydrogen-bond acceptors (Lipinski definition) is 10. The Kier molecular flexibility index (Phi) is 28.6. The fourth-order valence-corrected chi connectivity index (χ4v) is 5.69. The zero-order valence-electron chi connectivity index (χ0n) is 30.7. The third-order valence-electron chi connectivity index (χ3n) is 8.84. The van der Waals surface area contributed by atoms with Gasteiger partial charge in [0.25, 0.3) is 0 Å². The van der Waals surface area contributed by atoms with Gasteiger partial charge in [-0.2, -0.15) is 0 Å². The van der Waals surface area contributed by atoms with E-state index in [1.807, 2.05) is 6.92 Å². The number of esters is 2. The molecule has 286 valence electrons. The first-order chi connectivity index (χ1) is 23.8. The fraction of sp³-hybridized carbons (Fsp3) is 0.846. The highest BCUT2D eigenvalue weighted by Crippen LogP contribution is 2.22. The molecule has 10 nitrogen and oxygen atoms in total. The number of allylic oxidation sites excluding steroid dienone is 4. The average Bonchev–Trinajstić information content (AvgIpc) is 3.09. The van der Waals surface area contributed by atoms with Gasteiger partial charge in [0.1, 0.15) is 31.0 Å². The molecule has 0 bridgehead atoms. The van der Waals surface area contributed by atoms with Gasteiger partial charge in [-0.15, -0.1) is 0 Å². The van der Waals surface area contributed by atoms with Crippen LogP contribution in [0.1, 0.15) is 155 Å². The summed E-state index contributed by atoms with van der Waals surface area (Å²) in [5.41, 5.74) is 0. The second-order valence-corrected chi connectivity index (χ2v) is 13.4. The highest BCUT2D eigenvalue weighted by Gasteiger charge is 2.44. The molecule has 1 aliphatic heterocycles. The van der Waals surface area contributed by atoms with E-state index < -0.39 is 55.4 Å². The van der Waals surface area contributed by atoms with Crippen LogP contribution in [0.15, 0.2) is 24.3 Å². The number of aliphatic hydroxyl groups excluding tert-OH is 4. The second-order valence-electron chi connectivity index (χ2n) is 13.4. The molecule has 1 saturated heterocycles. The quantitative estimate of drug-likeness (QED) is 0.0339. The third kappa shape index (κ3) is 23.3. The molecule has 0 aromatic heterocycles. The minimum atomic E-state index is -1.59. The molecule has 4 N–H and O–H groups in total. The largest absolute Gasteiger partial charge is 0.462 e. The zero-order chi connectivity index (χ0) is 36.0. The van der Waals surface area contributed by atoms with Crippen molar-refractivity contribution in [1.82, 2.24) is 0 Å². The molecule has 1 rings (SSSR count). The van der Waals surface area contributed by atoms with Gasteiger partial charge in [0.2, 0.25) is 0 Å². The lowest BCUT2D eigenvalue weighted by atomic mass is 9.99. The number of carbonyl (C=O) groups is 2. The van der Waals surface area contributed by atoms with E-state index in [1.165, 1.54) is 70.6 Å². The van der Waals surface area contributed by atoms with Crippen LogP contribution < -0.4 is 0 Å². The van der Waals surface area contributed by atoms with Crippen LogP contribution in [0.3, 0.4) is 0 Å². The molecule has 0 amide bonds. The zero-order valence-corrected chi connectivity index (χ0v) is 30.7. The van der Waals surface area contributed by atoms with Gasteiger partial charge in [0, 0.05) is 12.8 Å². The molecule has 0 aliphatic carbocycles. The highest BCUT2D eigenvalue weighted by molar-refractivity contribution is 5.70. The number of unbranched alkanes of at least 4 members (excludes halogenated alkanes) is 16. The Bertz CT molecular complexity index is 861. The topological polar surface area (TPSA) is 152 Å². The summed E-state index contributed by atoms with van der Waals surface area (Å²) in [6.45, 7) is 3.21. The van der Waals surface area contributed by atoms with E-state index in [4.69, 9.17) is 18.9 Å². The van der Waals surface area contributed by atoms with Gasteiger partial charge in [0.05, 0.1) is 13.2 Å². The summed E-state index contributed by atoms with van der Waals surface area (Å²) in [7, 11) is 0. The molecular weight excluding hydrogens is 628 g/mol. The smallest absolute Gasteiger partial charge is 0.306 e. The lowest BCUT2D eigenvalue weighted by Crippen LogP contribution is -2.59. The fourth-order valence-electron chi connectivity index (χ4n) is 5.69. The maximum atomic E-state index is 12.6. The molecule has 0 radical (unpaired) electrons. The highest BCUT2D eigenvalue weighted by atomic mass is 16.7. The van der Waals surface area contributed by atoms with Crippen molar-refractivity contribution in [3.8, 4) is 0 Å². The summed E-state index contributed by atoms with van der Waals surface area (Å²) >= 11 is 0. The average molecular weight is 699 g/mol. The van der Waals surface area contributed by atoms with Crippen LogP contribution >= 0.6 is 0 Å². The first kappa shape index (κ1) is 45.2. The monoisotopic (exact) mass is 698 g/mol. The lowest BCUT2D eigenvalue weighted by molar-refractivity contribution is -0.305. The van der Waals surface area contributed by atoms with Crippen molar-refractivity contribution < 1.29 is 49.0 Å². The third-order valence-corrected chi connectivity index (χ3v) is 8.84. The predicted molar refractivity (Wildman–Crippen MR) is 192 cm³/mol. The summed E-state index contributed by atoms with van der Waals surface area (Å²) in [5, 5.41) is 39.7. The lowest BCUT2D eigenvalue weighted by Gasteiger charge is -2.39. The van der Waals surface area contributed by atoms with Crippen molar-refractivity contribution in [2.24, 2.45) is 0 Å². The van der Waals surface area contributed by atoms with E-state index in [0.29, 0.717) is 12.8 Å². The van der Waals surface area contributed by atoms with Crippen molar-refractivity contribution in [2.75, 3.05) is 19.8 Å². The van der Waals surface area contributed by atoms with E-state index in [-0.39, 0.29) is 26.1 Å². The van der Waals surface area contributed by atoms with E-state index in [1.54, 1.807) is 0 Å². The molecule has 6 atom stereocenters. The number of rotatable bonds is 31. The number of hydrogen-bond donors (Lipinski definition) is 4. The van der Waals surface area contributed by atoms with Gasteiger partial charge in [-0.3, -0.25) is 9.59 Å². The van der Waals surface area contributed by atoms with Crippen LogP contribution in [0.2, 0.25) is 0 Å². The molecule has 49 heavy (non-hydrogen) atoms. The Balaban J connectivity index is 2.21. The van der Waals surface area contributed by atoms with E-state index >= 15 is 0 Å². The summed E-state index contributed by atoms with van der Waals surface area (Å²) in [4.78, 5) is 24.7. The SMILES string of the molecule is CCCCCCC/C=C\C/C=C\CCCCCCCCCCCC(=O)OC(COC(=O)CCCCC)COC1OC(CO)C(O)C(O)C1O. The summed E-state index contributed by atoms with van der Waals surface area (Å²) in [6.07, 6.45) is 24.3. The van der Waals surface area contributed by atoms with Crippen molar-refractivity contribution in [3.05, 3.63) is 24.3 Å². The minimum Gasteiger partial charge on any atom is -0.462 e. The molecule has 0 aromatic carbocycles. The summed E-state index contributed by atoms with van der Waals surface area (Å²) in [6, 6.07) is 0. The molecular formula is C39H70O10. The van der Waals surface area contributed by atoms with Crippen LogP contribution in [0.4, 0.5) is 0 Å². The first-order valence-electron chi connectivity index (χ1n) is 19.4. The van der Waals surface area contributed by atoms with E-state index in [9.17, 15) is 30.0 Å². The van der Waals surface area contributed by atoms with Crippen molar-refractivity contribution in [3.63, 3.8) is 0 Å². The van der Waals surface area contributed by atoms with Crippen LogP contribution in [0.25, 0.3) is 0 Å². The molecule has 1 heterocycles.